The molecule has 0 bridgehead atoms. The summed E-state index contributed by atoms with van der Waals surface area (Å²) < 4.78 is 0. The zero-order chi connectivity index (χ0) is 33.5. The van der Waals surface area contributed by atoms with Crippen LogP contribution in [0.1, 0.15) is 208 Å². The van der Waals surface area contributed by atoms with Crippen LogP contribution in [-0.4, -0.2) is 0 Å². The fraction of sp³-hybridized carbons (Fsp3) is 0.872. The van der Waals surface area contributed by atoms with Crippen LogP contribution in [-0.2, 0) is 0 Å². The molecule has 0 saturated heterocycles. The Labute approximate surface area is 296 Å². The zero-order valence-electron chi connectivity index (χ0n) is 32.8. The number of hydrogen-bond acceptors (Lipinski definition) is 0. The number of hydrogen-bond donors (Lipinski definition) is 0. The van der Waals surface area contributed by atoms with Gasteiger partial charge in [-0.25, -0.2) is 0 Å². The minimum Gasteiger partial charge on any atom is -0.0885 e. The highest BCUT2D eigenvalue weighted by molar-refractivity contribution is 5.02. The second-order valence-corrected chi connectivity index (χ2v) is 17.1. The van der Waals surface area contributed by atoms with E-state index in [0.29, 0.717) is 0 Å². The summed E-state index contributed by atoms with van der Waals surface area (Å²) in [4.78, 5) is 0. The van der Waals surface area contributed by atoms with E-state index in [4.69, 9.17) is 0 Å². The fourth-order valence-electron chi connectivity index (χ4n) is 10.7. The molecule has 3 saturated carbocycles. The van der Waals surface area contributed by atoms with Crippen LogP contribution in [0, 0.1) is 53.3 Å². The average molecular weight is 649 g/mol. The summed E-state index contributed by atoms with van der Waals surface area (Å²) in [7, 11) is 0. The Morgan fingerprint density at radius 3 is 1.57 bits per heavy atom. The lowest BCUT2D eigenvalue weighted by Crippen LogP contribution is -2.25. The molecule has 6 unspecified atom stereocenters. The van der Waals surface area contributed by atoms with Crippen LogP contribution in [0.5, 0.6) is 0 Å². The van der Waals surface area contributed by atoms with Crippen molar-refractivity contribution in [3.8, 4) is 0 Å². The van der Waals surface area contributed by atoms with Crippen molar-refractivity contribution in [3.63, 3.8) is 0 Å². The highest BCUT2D eigenvalue weighted by Crippen LogP contribution is 2.41. The van der Waals surface area contributed by atoms with Gasteiger partial charge in [-0.3, -0.25) is 0 Å². The third-order valence-corrected chi connectivity index (χ3v) is 13.3. The number of allylic oxidation sites excluding steroid dienone is 6. The van der Waals surface area contributed by atoms with Gasteiger partial charge in [0.25, 0.3) is 0 Å². The molecule has 0 amide bonds. The Kier molecular flexibility index (Phi) is 21.8. The third-order valence-electron chi connectivity index (χ3n) is 13.3. The monoisotopic (exact) mass is 649 g/mol. The number of unbranched alkanes of at least 4 members (excludes halogenated alkanes) is 1. The van der Waals surface area contributed by atoms with E-state index in [1.165, 1.54) is 173 Å². The predicted molar refractivity (Wildman–Crippen MR) is 212 cm³/mol. The minimum atomic E-state index is 0.721. The van der Waals surface area contributed by atoms with Crippen molar-refractivity contribution in [1.29, 1.82) is 0 Å². The van der Waals surface area contributed by atoms with Gasteiger partial charge in [-0.1, -0.05) is 206 Å². The maximum atomic E-state index is 2.77. The van der Waals surface area contributed by atoms with Crippen molar-refractivity contribution in [2.24, 2.45) is 53.3 Å². The fourth-order valence-corrected chi connectivity index (χ4v) is 10.7. The highest BCUT2D eigenvalue weighted by Gasteiger charge is 2.29. The van der Waals surface area contributed by atoms with Crippen molar-refractivity contribution in [3.05, 3.63) is 36.5 Å². The molecule has 3 fully saturated rings. The molecule has 0 radical (unpaired) electrons. The minimum absolute atomic E-state index is 0.721. The van der Waals surface area contributed by atoms with Gasteiger partial charge in [0.05, 0.1) is 0 Å². The molecule has 0 nitrogen and oxygen atoms in total. The van der Waals surface area contributed by atoms with Crippen molar-refractivity contribution in [2.45, 2.75) is 208 Å². The molecular weight excluding hydrogens is 565 g/mol. The van der Waals surface area contributed by atoms with Gasteiger partial charge in [-0.05, 0) is 91.8 Å². The van der Waals surface area contributed by atoms with Gasteiger partial charge in [0.1, 0.15) is 0 Å². The van der Waals surface area contributed by atoms with E-state index in [-0.39, 0.29) is 0 Å². The predicted octanol–water partition coefficient (Wildman–Crippen LogP) is 15.9. The molecule has 0 aromatic carbocycles. The van der Waals surface area contributed by atoms with Crippen LogP contribution < -0.4 is 0 Å². The molecule has 0 N–H and O–H groups in total. The molecule has 0 aromatic heterocycles. The van der Waals surface area contributed by atoms with E-state index in [0.717, 1.165) is 53.3 Å². The first-order chi connectivity index (χ1) is 23.1. The average Bonchev–Trinajstić information content (AvgIpc) is 3.11. The van der Waals surface area contributed by atoms with E-state index in [2.05, 4.69) is 71.1 Å². The summed E-state index contributed by atoms with van der Waals surface area (Å²) in [6, 6.07) is 0. The summed E-state index contributed by atoms with van der Waals surface area (Å²) in [5.74, 6) is 7.88. The molecule has 0 aliphatic heterocycles. The lowest BCUT2D eigenvalue weighted by molar-refractivity contribution is 0.186. The molecule has 3 aliphatic rings. The Bertz CT molecular complexity index is 813. The quantitative estimate of drug-likeness (QED) is 0.0967. The van der Waals surface area contributed by atoms with Crippen LogP contribution in [0.3, 0.4) is 0 Å². The second kappa shape index (κ2) is 25.2. The summed E-state index contributed by atoms with van der Waals surface area (Å²) in [6.45, 7) is 12.1. The van der Waals surface area contributed by atoms with E-state index in [1.54, 1.807) is 0 Å². The molecule has 272 valence electrons. The highest BCUT2D eigenvalue weighted by atomic mass is 14.3. The van der Waals surface area contributed by atoms with Crippen molar-refractivity contribution in [2.75, 3.05) is 0 Å². The number of rotatable bonds is 23. The maximum Gasteiger partial charge on any atom is -0.0168 e. The van der Waals surface area contributed by atoms with Crippen LogP contribution in [0.4, 0.5) is 0 Å². The van der Waals surface area contributed by atoms with Gasteiger partial charge in [0.2, 0.25) is 0 Å². The van der Waals surface area contributed by atoms with Crippen LogP contribution in [0.15, 0.2) is 36.5 Å². The van der Waals surface area contributed by atoms with Gasteiger partial charge in [0, 0.05) is 0 Å². The molecule has 47 heavy (non-hydrogen) atoms. The van der Waals surface area contributed by atoms with E-state index >= 15 is 0 Å². The largest absolute Gasteiger partial charge is 0.0885 e. The molecule has 0 heterocycles. The lowest BCUT2D eigenvalue weighted by atomic mass is 9.70. The SMILES string of the molecule is CCC=CC(CC=CC(CC=CC(C)CC(CCC)C1CCCCC1)C(CCCC)C1CCCCC1)CC(CCC)C1CCCCC1. The molecular formula is C47H84. The molecule has 3 rings (SSSR count). The maximum absolute atomic E-state index is 2.77. The summed E-state index contributed by atoms with van der Waals surface area (Å²) >= 11 is 0. The van der Waals surface area contributed by atoms with E-state index in [9.17, 15) is 0 Å². The van der Waals surface area contributed by atoms with Crippen molar-refractivity contribution >= 4 is 0 Å². The first kappa shape index (κ1) is 40.6. The normalized spacial score (nSPS) is 23.4. The standard InChI is InChI=1S/C47H84/c1-6-10-26-40(38-46(24-9-4)42-30-17-13-18-31-42)27-22-35-44(47(36-11-7-2)43-32-19-14-20-33-43)34-21-25-39(5)37-45(23-8-3)41-28-15-12-16-29-41/h10,21-22,25-26,35,39-47H,6-9,11-20,23-24,27-34,36-38H2,1-5H3. The molecule has 6 atom stereocenters. The second-order valence-electron chi connectivity index (χ2n) is 17.1. The van der Waals surface area contributed by atoms with Crippen LogP contribution in [0.2, 0.25) is 0 Å². The van der Waals surface area contributed by atoms with E-state index < -0.39 is 0 Å². The smallest absolute Gasteiger partial charge is 0.0168 e. The van der Waals surface area contributed by atoms with Crippen LogP contribution >= 0.6 is 0 Å². The molecule has 3 aliphatic carbocycles. The summed E-state index contributed by atoms with van der Waals surface area (Å²) in [6.07, 6.45) is 54.5. The Balaban J connectivity index is 1.73. The third kappa shape index (κ3) is 15.8. The van der Waals surface area contributed by atoms with Gasteiger partial charge in [-0.2, -0.15) is 0 Å². The molecule has 0 spiro atoms. The van der Waals surface area contributed by atoms with E-state index in [1.807, 2.05) is 0 Å². The van der Waals surface area contributed by atoms with Crippen LogP contribution in [0.25, 0.3) is 0 Å². The Morgan fingerprint density at radius 2 is 1.04 bits per heavy atom. The first-order valence-electron chi connectivity index (χ1n) is 22.1. The van der Waals surface area contributed by atoms with Crippen molar-refractivity contribution < 1.29 is 0 Å². The summed E-state index contributed by atoms with van der Waals surface area (Å²) in [5.41, 5.74) is 0. The first-order valence-corrected chi connectivity index (χ1v) is 22.1. The van der Waals surface area contributed by atoms with Gasteiger partial charge < -0.3 is 0 Å². The van der Waals surface area contributed by atoms with Gasteiger partial charge >= 0.3 is 0 Å². The topological polar surface area (TPSA) is 0 Å². The summed E-state index contributed by atoms with van der Waals surface area (Å²) in [5, 5.41) is 0. The zero-order valence-corrected chi connectivity index (χ0v) is 32.8. The van der Waals surface area contributed by atoms with Gasteiger partial charge in [-0.15, -0.1) is 0 Å². The Morgan fingerprint density at radius 1 is 0.511 bits per heavy atom. The van der Waals surface area contributed by atoms with Crippen molar-refractivity contribution in [1.82, 2.24) is 0 Å². The molecule has 0 heteroatoms. The lowest BCUT2D eigenvalue weighted by Gasteiger charge is -2.35. The molecule has 0 aromatic rings. The van der Waals surface area contributed by atoms with Gasteiger partial charge in [0.15, 0.2) is 0 Å². The Hall–Kier alpha value is -0.780.